The molecule has 0 amide bonds. The van der Waals surface area contributed by atoms with Gasteiger partial charge in [0.15, 0.2) is 0 Å². The van der Waals surface area contributed by atoms with Crippen molar-refractivity contribution in [2.45, 2.75) is 6.18 Å². The lowest BCUT2D eigenvalue weighted by Crippen LogP contribution is -1.99. The minimum atomic E-state index is -4.26. The highest BCUT2D eigenvalue weighted by molar-refractivity contribution is 5.68. The number of rotatable bonds is 2. The van der Waals surface area contributed by atoms with E-state index in [4.69, 9.17) is 5.41 Å². The van der Waals surface area contributed by atoms with Crippen LogP contribution in [0.5, 0.6) is 0 Å². The van der Waals surface area contributed by atoms with Crippen LogP contribution >= 0.6 is 0 Å². The molecule has 1 nitrogen and oxygen atoms in total. The van der Waals surface area contributed by atoms with Gasteiger partial charge in [0.25, 0.3) is 0 Å². The van der Waals surface area contributed by atoms with Crippen molar-refractivity contribution in [3.05, 3.63) is 24.3 Å². The first kappa shape index (κ1) is 8.94. The molecule has 0 bridgehead atoms. The number of hydrogen-bond acceptors (Lipinski definition) is 1. The van der Waals surface area contributed by atoms with E-state index in [2.05, 4.69) is 0 Å². The molecular formula is C6H6F3N. The predicted molar refractivity (Wildman–Crippen MR) is 33.1 cm³/mol. The first-order valence-corrected chi connectivity index (χ1v) is 2.48. The standard InChI is InChI=1S/C6H6F3N/c7-6(8,9)4-2-1-3-5-10/h1-5,10H/b3-1-,4-2+,10-5?. The fourth-order valence-corrected chi connectivity index (χ4v) is 0.284. The van der Waals surface area contributed by atoms with Crippen molar-refractivity contribution in [3.8, 4) is 0 Å². The second-order valence-electron chi connectivity index (χ2n) is 1.45. The molecule has 0 aliphatic rings. The molecule has 0 spiro atoms. The maximum Gasteiger partial charge on any atom is 0.409 e. The molecule has 0 heterocycles. The average molecular weight is 149 g/mol. The van der Waals surface area contributed by atoms with Crippen molar-refractivity contribution < 1.29 is 13.2 Å². The van der Waals surface area contributed by atoms with E-state index < -0.39 is 6.18 Å². The summed E-state index contributed by atoms with van der Waals surface area (Å²) in [5, 5.41) is 6.41. The summed E-state index contributed by atoms with van der Waals surface area (Å²) in [6.45, 7) is 0. The summed E-state index contributed by atoms with van der Waals surface area (Å²) in [7, 11) is 0. The molecule has 0 saturated carbocycles. The molecule has 0 aromatic rings. The third-order valence-corrected chi connectivity index (χ3v) is 0.604. The highest BCUT2D eigenvalue weighted by Crippen LogP contribution is 2.15. The van der Waals surface area contributed by atoms with Crippen molar-refractivity contribution >= 4 is 6.21 Å². The monoisotopic (exact) mass is 149 g/mol. The number of hydrogen-bond donors (Lipinski definition) is 1. The van der Waals surface area contributed by atoms with Crippen LogP contribution in [0.3, 0.4) is 0 Å². The van der Waals surface area contributed by atoms with Gasteiger partial charge in [-0.2, -0.15) is 13.2 Å². The van der Waals surface area contributed by atoms with E-state index in [1.54, 1.807) is 0 Å². The van der Waals surface area contributed by atoms with Crippen LogP contribution in [0.2, 0.25) is 0 Å². The van der Waals surface area contributed by atoms with Crippen molar-refractivity contribution in [2.24, 2.45) is 0 Å². The third-order valence-electron chi connectivity index (χ3n) is 0.604. The Balaban J connectivity index is 3.77. The number of alkyl halides is 3. The molecular weight excluding hydrogens is 143 g/mol. The largest absolute Gasteiger partial charge is 0.409 e. The molecule has 0 aromatic carbocycles. The zero-order valence-electron chi connectivity index (χ0n) is 5.02. The lowest BCUT2D eigenvalue weighted by Gasteiger charge is -1.93. The van der Waals surface area contributed by atoms with Gasteiger partial charge in [0, 0.05) is 12.3 Å². The van der Waals surface area contributed by atoms with Crippen LogP contribution in [0.25, 0.3) is 0 Å². The molecule has 0 aliphatic heterocycles. The summed E-state index contributed by atoms with van der Waals surface area (Å²) in [4.78, 5) is 0. The van der Waals surface area contributed by atoms with Gasteiger partial charge in [0.1, 0.15) is 0 Å². The van der Waals surface area contributed by atoms with E-state index in [-0.39, 0.29) is 6.08 Å². The molecule has 0 atom stereocenters. The van der Waals surface area contributed by atoms with E-state index in [1.165, 1.54) is 6.08 Å². The predicted octanol–water partition coefficient (Wildman–Crippen LogP) is 2.31. The molecule has 10 heavy (non-hydrogen) atoms. The Labute approximate surface area is 56.4 Å². The first-order chi connectivity index (χ1) is 4.56. The van der Waals surface area contributed by atoms with Gasteiger partial charge >= 0.3 is 6.18 Å². The summed E-state index contributed by atoms with van der Waals surface area (Å²) in [6.07, 6.45) is -0.0755. The normalized spacial score (nSPS) is 13.1. The van der Waals surface area contributed by atoms with Crippen LogP contribution in [0.1, 0.15) is 0 Å². The van der Waals surface area contributed by atoms with E-state index >= 15 is 0 Å². The Morgan fingerprint density at radius 3 is 2.00 bits per heavy atom. The zero-order valence-corrected chi connectivity index (χ0v) is 5.02. The minimum Gasteiger partial charge on any atom is -0.309 e. The summed E-state index contributed by atoms with van der Waals surface area (Å²) in [5.41, 5.74) is 0. The van der Waals surface area contributed by atoms with Gasteiger partial charge in [-0.15, -0.1) is 0 Å². The smallest absolute Gasteiger partial charge is 0.309 e. The summed E-state index contributed by atoms with van der Waals surface area (Å²) < 4.78 is 33.9. The highest BCUT2D eigenvalue weighted by atomic mass is 19.4. The average Bonchev–Trinajstić information content (AvgIpc) is 1.78. The van der Waals surface area contributed by atoms with Gasteiger partial charge in [0.2, 0.25) is 0 Å². The van der Waals surface area contributed by atoms with Crippen LogP contribution in [0.4, 0.5) is 13.2 Å². The zero-order chi connectivity index (χ0) is 8.04. The molecule has 0 rings (SSSR count). The molecule has 0 aromatic heterocycles. The lowest BCUT2D eigenvalue weighted by molar-refractivity contribution is -0.0798. The first-order valence-electron chi connectivity index (χ1n) is 2.48. The molecule has 0 aliphatic carbocycles. The van der Waals surface area contributed by atoms with E-state index in [0.29, 0.717) is 0 Å². The van der Waals surface area contributed by atoms with Crippen molar-refractivity contribution in [3.63, 3.8) is 0 Å². The summed E-state index contributed by atoms with van der Waals surface area (Å²) in [5.74, 6) is 0. The second-order valence-corrected chi connectivity index (χ2v) is 1.45. The molecule has 0 radical (unpaired) electrons. The number of halogens is 3. The Hall–Kier alpha value is -1.06. The van der Waals surface area contributed by atoms with Gasteiger partial charge in [-0.1, -0.05) is 12.2 Å². The maximum atomic E-state index is 11.3. The van der Waals surface area contributed by atoms with Gasteiger partial charge in [-0.05, 0) is 6.08 Å². The number of allylic oxidation sites excluding steroid dienone is 4. The topological polar surface area (TPSA) is 23.9 Å². The number of nitrogens with one attached hydrogen (secondary N) is 1. The lowest BCUT2D eigenvalue weighted by atomic mass is 10.4. The van der Waals surface area contributed by atoms with Crippen LogP contribution in [-0.4, -0.2) is 12.4 Å². The molecule has 1 N–H and O–H groups in total. The molecule has 0 saturated heterocycles. The SMILES string of the molecule is N=C/C=C\C=C\C(F)(F)F. The highest BCUT2D eigenvalue weighted by Gasteiger charge is 2.20. The Morgan fingerprint density at radius 1 is 1.00 bits per heavy atom. The Bertz CT molecular complexity index is 155. The van der Waals surface area contributed by atoms with Gasteiger partial charge in [-0.25, -0.2) is 0 Å². The minimum absolute atomic E-state index is 0.104. The molecule has 0 fully saturated rings. The van der Waals surface area contributed by atoms with E-state index in [0.717, 1.165) is 18.4 Å². The quantitative estimate of drug-likeness (QED) is 0.460. The fourth-order valence-electron chi connectivity index (χ4n) is 0.284. The van der Waals surface area contributed by atoms with E-state index in [9.17, 15) is 13.2 Å². The van der Waals surface area contributed by atoms with Crippen molar-refractivity contribution in [2.75, 3.05) is 0 Å². The third kappa shape index (κ3) is 6.94. The maximum absolute atomic E-state index is 11.3. The van der Waals surface area contributed by atoms with Gasteiger partial charge in [-0.3, -0.25) is 0 Å². The van der Waals surface area contributed by atoms with Gasteiger partial charge in [0.05, 0.1) is 0 Å². The van der Waals surface area contributed by atoms with E-state index in [1.807, 2.05) is 0 Å². The van der Waals surface area contributed by atoms with Crippen LogP contribution in [-0.2, 0) is 0 Å². The summed E-state index contributed by atoms with van der Waals surface area (Å²) >= 11 is 0. The summed E-state index contributed by atoms with van der Waals surface area (Å²) in [6, 6.07) is 0. The van der Waals surface area contributed by atoms with Crippen molar-refractivity contribution in [1.82, 2.24) is 0 Å². The second kappa shape index (κ2) is 3.87. The van der Waals surface area contributed by atoms with Crippen LogP contribution < -0.4 is 0 Å². The van der Waals surface area contributed by atoms with Crippen LogP contribution in [0, 0.1) is 5.41 Å². The Kier molecular flexibility index (Phi) is 3.46. The molecule has 56 valence electrons. The molecule has 4 heteroatoms. The van der Waals surface area contributed by atoms with Crippen LogP contribution in [0.15, 0.2) is 24.3 Å². The van der Waals surface area contributed by atoms with Gasteiger partial charge < -0.3 is 5.41 Å². The molecule has 0 unspecified atom stereocenters. The Morgan fingerprint density at radius 2 is 1.60 bits per heavy atom. The fraction of sp³-hybridized carbons (Fsp3) is 0.167. The van der Waals surface area contributed by atoms with Crippen molar-refractivity contribution in [1.29, 1.82) is 5.41 Å².